The zero-order valence-electron chi connectivity index (χ0n) is 9.06. The van der Waals surface area contributed by atoms with Crippen LogP contribution in [0.3, 0.4) is 0 Å². The summed E-state index contributed by atoms with van der Waals surface area (Å²) in [5.41, 5.74) is -0.747. The minimum Gasteiger partial charge on any atom is -0.371 e. The molecular formula is C11H13NO4. The third-order valence-electron chi connectivity index (χ3n) is 2.70. The van der Waals surface area contributed by atoms with E-state index in [2.05, 4.69) is 5.32 Å². The van der Waals surface area contributed by atoms with Crippen molar-refractivity contribution in [2.45, 2.75) is 11.9 Å². The fraction of sp³-hybridized carbons (Fsp3) is 0.364. The van der Waals surface area contributed by atoms with Gasteiger partial charge in [0.05, 0.1) is 0 Å². The van der Waals surface area contributed by atoms with Crippen molar-refractivity contribution in [3.8, 4) is 0 Å². The molecule has 0 saturated heterocycles. The van der Waals surface area contributed by atoms with E-state index in [0.717, 1.165) is 0 Å². The smallest absolute Gasteiger partial charge is 0.266 e. The monoisotopic (exact) mass is 223 g/mol. The number of rotatable bonds is 3. The minimum atomic E-state index is -1.79. The largest absolute Gasteiger partial charge is 0.371 e. The second kappa shape index (κ2) is 3.86. The van der Waals surface area contributed by atoms with E-state index in [9.17, 15) is 9.90 Å². The Balaban J connectivity index is 2.52. The molecule has 1 amide bonds. The molecule has 0 aliphatic carbocycles. The molecule has 1 aliphatic rings. The van der Waals surface area contributed by atoms with Gasteiger partial charge < -0.3 is 19.9 Å². The number of fused-ring (bicyclic) bond motifs is 1. The quantitative estimate of drug-likeness (QED) is 0.730. The van der Waals surface area contributed by atoms with E-state index in [4.69, 9.17) is 9.47 Å². The van der Waals surface area contributed by atoms with Crippen molar-refractivity contribution >= 4 is 11.6 Å². The van der Waals surface area contributed by atoms with Crippen LogP contribution in [-0.4, -0.2) is 31.5 Å². The van der Waals surface area contributed by atoms with Crippen LogP contribution in [0.25, 0.3) is 0 Å². The lowest BCUT2D eigenvalue weighted by Gasteiger charge is -2.28. The van der Waals surface area contributed by atoms with E-state index in [-0.39, 0.29) is 0 Å². The van der Waals surface area contributed by atoms with Gasteiger partial charge in [0, 0.05) is 25.5 Å². The fourth-order valence-corrected chi connectivity index (χ4v) is 1.94. The Bertz CT molecular complexity index is 416. The molecule has 1 heterocycles. The summed E-state index contributed by atoms with van der Waals surface area (Å²) in [7, 11) is 2.75. The number of amides is 1. The molecule has 0 bridgehead atoms. The van der Waals surface area contributed by atoms with E-state index in [1.165, 1.54) is 14.2 Å². The molecule has 86 valence electrons. The zero-order valence-corrected chi connectivity index (χ0v) is 9.06. The average Bonchev–Trinajstić information content (AvgIpc) is 2.55. The van der Waals surface area contributed by atoms with Crippen molar-refractivity contribution in [3.63, 3.8) is 0 Å². The summed E-state index contributed by atoms with van der Waals surface area (Å²) in [6, 6.07) is 6.90. The zero-order chi connectivity index (χ0) is 11.8. The average molecular weight is 223 g/mol. The number of hydrogen-bond acceptors (Lipinski definition) is 4. The molecule has 2 rings (SSSR count). The van der Waals surface area contributed by atoms with E-state index in [0.29, 0.717) is 11.3 Å². The standard InChI is InChI=1S/C11H13NO4/c1-15-10(16-2)11(14)7-5-3-4-6-8(7)12-9(11)13/h3-6,10,14H,1-2H3,(H,12,13). The molecule has 0 aromatic heterocycles. The number of anilines is 1. The first-order valence-corrected chi connectivity index (χ1v) is 4.83. The second-order valence-electron chi connectivity index (χ2n) is 3.57. The predicted molar refractivity (Wildman–Crippen MR) is 56.8 cm³/mol. The number of aliphatic hydroxyl groups is 1. The van der Waals surface area contributed by atoms with Gasteiger partial charge in [0.15, 0.2) is 6.29 Å². The van der Waals surface area contributed by atoms with E-state index in [1.54, 1.807) is 24.3 Å². The van der Waals surface area contributed by atoms with E-state index in [1.807, 2.05) is 0 Å². The summed E-state index contributed by atoms with van der Waals surface area (Å²) in [4.78, 5) is 11.8. The summed E-state index contributed by atoms with van der Waals surface area (Å²) in [6.45, 7) is 0. The third-order valence-corrected chi connectivity index (χ3v) is 2.70. The lowest BCUT2D eigenvalue weighted by molar-refractivity contribution is -0.214. The van der Waals surface area contributed by atoms with E-state index < -0.39 is 17.8 Å². The molecule has 1 unspecified atom stereocenters. The SMILES string of the molecule is COC(OC)C1(O)C(=O)Nc2ccccc21. The third kappa shape index (κ3) is 1.33. The topological polar surface area (TPSA) is 67.8 Å². The van der Waals surface area contributed by atoms with Crippen LogP contribution >= 0.6 is 0 Å². The molecule has 0 radical (unpaired) electrons. The van der Waals surface area contributed by atoms with Crippen LogP contribution in [0.4, 0.5) is 5.69 Å². The van der Waals surface area contributed by atoms with Crippen LogP contribution in [0, 0.1) is 0 Å². The Morgan fingerprint density at radius 1 is 1.31 bits per heavy atom. The maximum atomic E-state index is 11.8. The normalized spacial score (nSPS) is 23.4. The van der Waals surface area contributed by atoms with Gasteiger partial charge in [-0.05, 0) is 6.07 Å². The van der Waals surface area contributed by atoms with Crippen molar-refractivity contribution in [2.75, 3.05) is 19.5 Å². The van der Waals surface area contributed by atoms with Crippen molar-refractivity contribution in [1.29, 1.82) is 0 Å². The number of methoxy groups -OCH3 is 2. The van der Waals surface area contributed by atoms with Crippen LogP contribution in [0.1, 0.15) is 5.56 Å². The number of carbonyl (C=O) groups is 1. The Morgan fingerprint density at radius 3 is 2.56 bits per heavy atom. The Kier molecular flexibility index (Phi) is 2.67. The Labute approximate surface area is 93.0 Å². The molecule has 1 atom stereocenters. The molecule has 1 aliphatic heterocycles. The van der Waals surface area contributed by atoms with Crippen molar-refractivity contribution in [3.05, 3.63) is 29.8 Å². The van der Waals surface area contributed by atoms with Crippen molar-refractivity contribution < 1.29 is 19.4 Å². The number of ether oxygens (including phenoxy) is 2. The molecule has 0 fully saturated rings. The lowest BCUT2D eigenvalue weighted by Crippen LogP contribution is -2.47. The molecule has 0 saturated carbocycles. The highest BCUT2D eigenvalue weighted by Gasteiger charge is 2.52. The summed E-state index contributed by atoms with van der Waals surface area (Å²) < 4.78 is 9.96. The first-order chi connectivity index (χ1) is 7.64. The van der Waals surface area contributed by atoms with Gasteiger partial charge in [0.2, 0.25) is 5.60 Å². The number of nitrogens with one attached hydrogen (secondary N) is 1. The van der Waals surface area contributed by atoms with Crippen LogP contribution in [-0.2, 0) is 19.9 Å². The van der Waals surface area contributed by atoms with Crippen LogP contribution in [0.5, 0.6) is 0 Å². The summed E-state index contributed by atoms with van der Waals surface area (Å²) >= 11 is 0. The number of benzene rings is 1. The van der Waals surface area contributed by atoms with Gasteiger partial charge >= 0.3 is 0 Å². The molecule has 1 aromatic carbocycles. The Hall–Kier alpha value is -1.43. The highest BCUT2D eigenvalue weighted by Crippen LogP contribution is 2.39. The van der Waals surface area contributed by atoms with Gasteiger partial charge in [-0.2, -0.15) is 0 Å². The first kappa shape index (κ1) is 11.1. The highest BCUT2D eigenvalue weighted by atomic mass is 16.7. The number of hydrogen-bond donors (Lipinski definition) is 2. The van der Waals surface area contributed by atoms with Crippen LogP contribution in [0.2, 0.25) is 0 Å². The van der Waals surface area contributed by atoms with Gasteiger partial charge in [0.1, 0.15) is 0 Å². The maximum absolute atomic E-state index is 11.8. The van der Waals surface area contributed by atoms with Crippen LogP contribution in [0.15, 0.2) is 24.3 Å². The fourth-order valence-electron chi connectivity index (χ4n) is 1.94. The van der Waals surface area contributed by atoms with Gasteiger partial charge in [-0.1, -0.05) is 18.2 Å². The molecular weight excluding hydrogens is 210 g/mol. The molecule has 5 heteroatoms. The number of para-hydroxylation sites is 1. The minimum absolute atomic E-state index is 0.466. The summed E-state index contributed by atoms with van der Waals surface area (Å²) in [5, 5.41) is 13.0. The van der Waals surface area contributed by atoms with Gasteiger partial charge in [-0.15, -0.1) is 0 Å². The summed E-state index contributed by atoms with van der Waals surface area (Å²) in [5.74, 6) is -0.539. The number of carbonyl (C=O) groups excluding carboxylic acids is 1. The summed E-state index contributed by atoms with van der Waals surface area (Å²) in [6.07, 6.45) is -1.03. The maximum Gasteiger partial charge on any atom is 0.266 e. The van der Waals surface area contributed by atoms with Gasteiger partial charge in [-0.25, -0.2) is 0 Å². The van der Waals surface area contributed by atoms with Crippen LogP contribution < -0.4 is 5.32 Å². The molecule has 1 aromatic rings. The van der Waals surface area contributed by atoms with Gasteiger partial charge in [-0.3, -0.25) is 4.79 Å². The highest BCUT2D eigenvalue weighted by molar-refractivity contribution is 6.05. The lowest BCUT2D eigenvalue weighted by atomic mass is 9.94. The molecule has 5 nitrogen and oxygen atoms in total. The predicted octanol–water partition coefficient (Wildman–Crippen LogP) is 0.445. The molecule has 16 heavy (non-hydrogen) atoms. The second-order valence-corrected chi connectivity index (χ2v) is 3.57. The van der Waals surface area contributed by atoms with Gasteiger partial charge in [0.25, 0.3) is 5.91 Å². The molecule has 0 spiro atoms. The Morgan fingerprint density at radius 2 is 1.94 bits per heavy atom. The first-order valence-electron chi connectivity index (χ1n) is 4.83. The molecule has 2 N–H and O–H groups in total. The van der Waals surface area contributed by atoms with Crippen molar-refractivity contribution in [1.82, 2.24) is 0 Å². The van der Waals surface area contributed by atoms with Crippen molar-refractivity contribution in [2.24, 2.45) is 0 Å². The van der Waals surface area contributed by atoms with E-state index >= 15 is 0 Å².